The molecule has 0 aliphatic carbocycles. The molecule has 0 amide bonds. The molecule has 3 heteroatoms. The summed E-state index contributed by atoms with van der Waals surface area (Å²) in [5.41, 5.74) is 2.81. The van der Waals surface area contributed by atoms with E-state index in [2.05, 4.69) is 62.8 Å². The van der Waals surface area contributed by atoms with E-state index < -0.39 is 0 Å². The van der Waals surface area contributed by atoms with Crippen molar-refractivity contribution in [2.75, 3.05) is 13.1 Å². The first-order chi connectivity index (χ1) is 9.79. The number of aryl methyl sites for hydroxylation is 1. The number of aromatic nitrogens is 1. The molecule has 1 saturated heterocycles. The molecule has 1 aromatic rings. The first-order valence-corrected chi connectivity index (χ1v) is 8.17. The summed E-state index contributed by atoms with van der Waals surface area (Å²) in [6.07, 6.45) is 1.91. The lowest BCUT2D eigenvalue weighted by Crippen LogP contribution is -2.61. The van der Waals surface area contributed by atoms with Crippen molar-refractivity contribution in [3.8, 4) is 0 Å². The summed E-state index contributed by atoms with van der Waals surface area (Å²) >= 11 is 0. The Morgan fingerprint density at radius 3 is 2.67 bits per heavy atom. The monoisotopic (exact) mass is 289 g/mol. The highest BCUT2D eigenvalue weighted by Gasteiger charge is 2.35. The molecule has 1 aliphatic rings. The van der Waals surface area contributed by atoms with Gasteiger partial charge in [0, 0.05) is 37.9 Å². The van der Waals surface area contributed by atoms with Crippen molar-refractivity contribution < 1.29 is 0 Å². The van der Waals surface area contributed by atoms with Gasteiger partial charge in [-0.25, -0.2) is 0 Å². The fraction of sp³-hybridized carbons (Fsp3) is 0.722. The molecule has 2 rings (SSSR count). The Kier molecular flexibility index (Phi) is 5.05. The normalized spacial score (nSPS) is 24.5. The van der Waals surface area contributed by atoms with Gasteiger partial charge in [-0.2, -0.15) is 0 Å². The van der Waals surface area contributed by atoms with E-state index in [0.29, 0.717) is 23.4 Å². The third kappa shape index (κ3) is 4.04. The second kappa shape index (κ2) is 6.45. The highest BCUT2D eigenvalue weighted by atomic mass is 15.2. The lowest BCUT2D eigenvalue weighted by molar-refractivity contribution is 0.0561. The minimum atomic E-state index is 0.291. The summed E-state index contributed by atoms with van der Waals surface area (Å²) in [6, 6.07) is 5.31. The summed E-state index contributed by atoms with van der Waals surface area (Å²) in [4.78, 5) is 7.22. The SMILES string of the molecule is Cc1cccnc1CN1CC(C(C)(C)C)NCC1C(C)C. The number of rotatable bonds is 3. The van der Waals surface area contributed by atoms with Crippen LogP contribution < -0.4 is 5.32 Å². The Labute approximate surface area is 130 Å². The molecule has 0 aromatic carbocycles. The first kappa shape index (κ1) is 16.4. The Bertz CT molecular complexity index is 462. The Morgan fingerprint density at radius 1 is 1.38 bits per heavy atom. The molecular weight excluding hydrogens is 258 g/mol. The maximum atomic E-state index is 4.59. The molecule has 1 aromatic heterocycles. The van der Waals surface area contributed by atoms with Crippen LogP contribution >= 0.6 is 0 Å². The Hall–Kier alpha value is -0.930. The fourth-order valence-electron chi connectivity index (χ4n) is 3.12. The van der Waals surface area contributed by atoms with E-state index in [0.717, 1.165) is 19.6 Å². The van der Waals surface area contributed by atoms with Crippen LogP contribution in [0.15, 0.2) is 18.3 Å². The van der Waals surface area contributed by atoms with Gasteiger partial charge in [0.15, 0.2) is 0 Å². The van der Waals surface area contributed by atoms with Crippen LogP contribution in [0.25, 0.3) is 0 Å². The molecular formula is C18H31N3. The van der Waals surface area contributed by atoms with Crippen LogP contribution in [0, 0.1) is 18.3 Å². The third-order valence-electron chi connectivity index (χ3n) is 4.75. The van der Waals surface area contributed by atoms with Gasteiger partial charge >= 0.3 is 0 Å². The molecule has 21 heavy (non-hydrogen) atoms. The van der Waals surface area contributed by atoms with Gasteiger partial charge in [-0.3, -0.25) is 9.88 Å². The molecule has 1 aliphatic heterocycles. The third-order valence-corrected chi connectivity index (χ3v) is 4.75. The van der Waals surface area contributed by atoms with Gasteiger partial charge in [-0.1, -0.05) is 40.7 Å². The van der Waals surface area contributed by atoms with Crippen molar-refractivity contribution in [3.63, 3.8) is 0 Å². The highest BCUT2D eigenvalue weighted by molar-refractivity contribution is 5.17. The van der Waals surface area contributed by atoms with Crippen LogP contribution in [0.2, 0.25) is 0 Å². The molecule has 1 N–H and O–H groups in total. The average Bonchev–Trinajstić information content (AvgIpc) is 2.40. The number of hydrogen-bond acceptors (Lipinski definition) is 3. The Balaban J connectivity index is 2.16. The van der Waals surface area contributed by atoms with Gasteiger partial charge in [-0.15, -0.1) is 0 Å². The number of hydrogen-bond donors (Lipinski definition) is 1. The van der Waals surface area contributed by atoms with Crippen molar-refractivity contribution >= 4 is 0 Å². The first-order valence-electron chi connectivity index (χ1n) is 8.17. The number of piperazine rings is 1. The zero-order valence-corrected chi connectivity index (χ0v) is 14.5. The molecule has 118 valence electrons. The molecule has 3 nitrogen and oxygen atoms in total. The van der Waals surface area contributed by atoms with Gasteiger partial charge in [-0.05, 0) is 29.9 Å². The summed E-state index contributed by atoms with van der Waals surface area (Å²) in [6.45, 7) is 16.9. The van der Waals surface area contributed by atoms with E-state index in [9.17, 15) is 0 Å². The van der Waals surface area contributed by atoms with Crippen LogP contribution in [0.3, 0.4) is 0 Å². The molecule has 2 heterocycles. The lowest BCUT2D eigenvalue weighted by atomic mass is 9.83. The predicted octanol–water partition coefficient (Wildman–Crippen LogP) is 3.23. The Morgan fingerprint density at radius 2 is 2.10 bits per heavy atom. The van der Waals surface area contributed by atoms with E-state index in [1.54, 1.807) is 0 Å². The zero-order valence-electron chi connectivity index (χ0n) is 14.5. The van der Waals surface area contributed by atoms with Gasteiger partial charge in [0.05, 0.1) is 5.69 Å². The van der Waals surface area contributed by atoms with Gasteiger partial charge in [0.25, 0.3) is 0 Å². The minimum Gasteiger partial charge on any atom is -0.311 e. The van der Waals surface area contributed by atoms with Gasteiger partial charge < -0.3 is 5.32 Å². The van der Waals surface area contributed by atoms with Crippen molar-refractivity contribution in [2.24, 2.45) is 11.3 Å². The number of nitrogens with zero attached hydrogens (tertiary/aromatic N) is 2. The molecule has 0 radical (unpaired) electrons. The van der Waals surface area contributed by atoms with Crippen LogP contribution in [0.4, 0.5) is 0 Å². The zero-order chi connectivity index (χ0) is 15.6. The van der Waals surface area contributed by atoms with E-state index in [4.69, 9.17) is 0 Å². The second-order valence-electron chi connectivity index (χ2n) is 7.83. The van der Waals surface area contributed by atoms with Crippen molar-refractivity contribution in [3.05, 3.63) is 29.6 Å². The van der Waals surface area contributed by atoms with Gasteiger partial charge in [0.2, 0.25) is 0 Å². The van der Waals surface area contributed by atoms with Crippen molar-refractivity contribution in [2.45, 2.75) is 60.2 Å². The van der Waals surface area contributed by atoms with Crippen molar-refractivity contribution in [1.29, 1.82) is 0 Å². The summed E-state index contributed by atoms with van der Waals surface area (Å²) in [5.74, 6) is 0.655. The maximum Gasteiger partial charge on any atom is 0.0573 e. The smallest absolute Gasteiger partial charge is 0.0573 e. The topological polar surface area (TPSA) is 28.2 Å². The molecule has 0 spiro atoms. The molecule has 2 atom stereocenters. The van der Waals surface area contributed by atoms with Crippen LogP contribution in [-0.2, 0) is 6.54 Å². The largest absolute Gasteiger partial charge is 0.311 e. The summed E-state index contributed by atoms with van der Waals surface area (Å²) in [7, 11) is 0. The quantitative estimate of drug-likeness (QED) is 0.926. The number of pyridine rings is 1. The molecule has 2 unspecified atom stereocenters. The van der Waals surface area contributed by atoms with Gasteiger partial charge in [0.1, 0.15) is 0 Å². The van der Waals surface area contributed by atoms with E-state index in [1.165, 1.54) is 11.3 Å². The fourth-order valence-corrected chi connectivity index (χ4v) is 3.12. The predicted molar refractivity (Wildman–Crippen MR) is 89.3 cm³/mol. The van der Waals surface area contributed by atoms with Crippen LogP contribution in [0.5, 0.6) is 0 Å². The van der Waals surface area contributed by atoms with E-state index >= 15 is 0 Å². The number of nitrogens with one attached hydrogen (secondary N) is 1. The van der Waals surface area contributed by atoms with E-state index in [1.807, 2.05) is 12.3 Å². The molecule has 0 saturated carbocycles. The minimum absolute atomic E-state index is 0.291. The molecule has 0 bridgehead atoms. The summed E-state index contributed by atoms with van der Waals surface area (Å²) < 4.78 is 0. The van der Waals surface area contributed by atoms with Crippen LogP contribution in [-0.4, -0.2) is 35.1 Å². The second-order valence-corrected chi connectivity index (χ2v) is 7.83. The van der Waals surface area contributed by atoms with Crippen LogP contribution in [0.1, 0.15) is 45.9 Å². The standard InChI is InChI=1S/C18H31N3/c1-13(2)16-10-20-17(18(4,5)6)12-21(16)11-15-14(3)8-7-9-19-15/h7-9,13,16-17,20H,10-12H2,1-6H3. The summed E-state index contributed by atoms with van der Waals surface area (Å²) in [5, 5.41) is 3.76. The van der Waals surface area contributed by atoms with E-state index in [-0.39, 0.29) is 0 Å². The average molecular weight is 289 g/mol. The van der Waals surface area contributed by atoms with Crippen molar-refractivity contribution in [1.82, 2.24) is 15.2 Å². The highest BCUT2D eigenvalue weighted by Crippen LogP contribution is 2.26. The maximum absolute atomic E-state index is 4.59. The lowest BCUT2D eigenvalue weighted by Gasteiger charge is -2.46. The molecule has 1 fully saturated rings.